The zero-order valence-corrected chi connectivity index (χ0v) is 12.3. The van der Waals surface area contributed by atoms with Crippen molar-refractivity contribution in [1.29, 1.82) is 0 Å². The molecule has 3 N–H and O–H groups in total. The highest BCUT2D eigenvalue weighted by Crippen LogP contribution is 2.36. The van der Waals surface area contributed by atoms with Crippen LogP contribution in [0, 0.1) is 0 Å². The van der Waals surface area contributed by atoms with Gasteiger partial charge in [0.05, 0.1) is 31.5 Å². The minimum absolute atomic E-state index is 0.532. The summed E-state index contributed by atoms with van der Waals surface area (Å²) in [5.41, 5.74) is 7.44. The first kappa shape index (κ1) is 13.8. The van der Waals surface area contributed by atoms with Crippen molar-refractivity contribution in [1.82, 2.24) is 0 Å². The lowest BCUT2D eigenvalue weighted by Gasteiger charge is -2.13. The van der Waals surface area contributed by atoms with Gasteiger partial charge in [0, 0.05) is 16.6 Å². The molecule has 2 aromatic rings. The summed E-state index contributed by atoms with van der Waals surface area (Å²) in [6, 6.07) is 5.42. The maximum Gasteiger partial charge on any atom is 0.145 e. The van der Waals surface area contributed by atoms with Crippen molar-refractivity contribution in [2.75, 3.05) is 25.3 Å². The molecule has 1 aromatic carbocycles. The van der Waals surface area contributed by atoms with E-state index in [1.54, 1.807) is 37.7 Å². The predicted octanol–water partition coefficient (Wildman–Crippen LogP) is 3.61. The smallest absolute Gasteiger partial charge is 0.145 e. The van der Waals surface area contributed by atoms with Gasteiger partial charge in [0.2, 0.25) is 0 Å². The highest BCUT2D eigenvalue weighted by atomic mass is 35.5. The largest absolute Gasteiger partial charge is 0.495 e. The Morgan fingerprint density at radius 3 is 2.58 bits per heavy atom. The molecule has 0 aliphatic rings. The number of benzene rings is 1. The average Bonchev–Trinajstić information content (AvgIpc) is 2.82. The third-order valence-corrected chi connectivity index (χ3v) is 3.93. The van der Waals surface area contributed by atoms with Gasteiger partial charge in [0.25, 0.3) is 0 Å². The molecule has 0 fully saturated rings. The van der Waals surface area contributed by atoms with Crippen LogP contribution < -0.4 is 20.5 Å². The van der Waals surface area contributed by atoms with Crippen LogP contribution in [0.3, 0.4) is 0 Å². The summed E-state index contributed by atoms with van der Waals surface area (Å²) < 4.78 is 10.5. The lowest BCUT2D eigenvalue weighted by atomic mass is 10.2. The van der Waals surface area contributed by atoms with E-state index in [0.717, 1.165) is 16.3 Å². The fourth-order valence-electron chi connectivity index (χ4n) is 1.67. The molecule has 0 aliphatic heterocycles. The summed E-state index contributed by atoms with van der Waals surface area (Å²) >= 11 is 7.72. The van der Waals surface area contributed by atoms with E-state index < -0.39 is 0 Å². The van der Waals surface area contributed by atoms with E-state index >= 15 is 0 Å². The monoisotopic (exact) mass is 298 g/mol. The Kier molecular flexibility index (Phi) is 4.39. The van der Waals surface area contributed by atoms with Crippen LogP contribution in [0.4, 0.5) is 11.4 Å². The number of nitrogens with one attached hydrogen (secondary N) is 1. The van der Waals surface area contributed by atoms with Gasteiger partial charge in [0.1, 0.15) is 11.5 Å². The number of methoxy groups -OCH3 is 2. The predicted molar refractivity (Wildman–Crippen MR) is 80.6 cm³/mol. The van der Waals surface area contributed by atoms with Gasteiger partial charge >= 0.3 is 0 Å². The quantitative estimate of drug-likeness (QED) is 0.885. The Bertz CT molecular complexity index is 572. The molecule has 0 bridgehead atoms. The van der Waals surface area contributed by atoms with Crippen LogP contribution in [-0.4, -0.2) is 14.2 Å². The lowest BCUT2D eigenvalue weighted by molar-refractivity contribution is 0.395. The van der Waals surface area contributed by atoms with Crippen LogP contribution in [0.15, 0.2) is 23.6 Å². The molecular formula is C13H15ClN2O2S. The summed E-state index contributed by atoms with van der Waals surface area (Å²) in [6.07, 6.45) is 0. The van der Waals surface area contributed by atoms with E-state index in [1.807, 2.05) is 11.4 Å². The first-order chi connectivity index (χ1) is 9.15. The third kappa shape index (κ3) is 3.05. The summed E-state index contributed by atoms with van der Waals surface area (Å²) in [6.45, 7) is 0.627. The van der Waals surface area contributed by atoms with Crippen molar-refractivity contribution in [3.8, 4) is 11.5 Å². The van der Waals surface area contributed by atoms with Gasteiger partial charge in [-0.25, -0.2) is 0 Å². The Balaban J connectivity index is 2.20. The third-order valence-electron chi connectivity index (χ3n) is 2.69. The fraction of sp³-hybridized carbons (Fsp3) is 0.231. The summed E-state index contributed by atoms with van der Waals surface area (Å²) in [5.74, 6) is 1.26. The molecule has 4 nitrogen and oxygen atoms in total. The summed E-state index contributed by atoms with van der Waals surface area (Å²) in [7, 11) is 3.17. The standard InChI is InChI=1S/C13H15ClN2O2S/c1-17-11-6-12(18-2)10(5-8(11)14)16-7-13-9(15)3-4-19-13/h3-6,16H,7,15H2,1-2H3. The molecule has 0 amide bonds. The molecule has 102 valence electrons. The second-order valence-corrected chi connectivity index (χ2v) is 5.25. The molecule has 0 saturated carbocycles. The Labute approximate surface area is 121 Å². The van der Waals surface area contributed by atoms with Gasteiger partial charge in [-0.3, -0.25) is 0 Å². The minimum Gasteiger partial charge on any atom is -0.495 e. The van der Waals surface area contributed by atoms with E-state index in [4.69, 9.17) is 26.8 Å². The highest BCUT2D eigenvalue weighted by molar-refractivity contribution is 7.10. The molecular weight excluding hydrogens is 284 g/mol. The van der Waals surface area contributed by atoms with E-state index in [-0.39, 0.29) is 0 Å². The number of nitrogens with two attached hydrogens (primary N) is 1. The first-order valence-electron chi connectivity index (χ1n) is 5.63. The van der Waals surface area contributed by atoms with E-state index in [0.29, 0.717) is 23.1 Å². The summed E-state index contributed by atoms with van der Waals surface area (Å²) in [5, 5.41) is 5.76. The number of hydrogen-bond donors (Lipinski definition) is 2. The van der Waals surface area contributed by atoms with Gasteiger partial charge in [-0.2, -0.15) is 0 Å². The molecule has 1 heterocycles. The van der Waals surface area contributed by atoms with Crippen LogP contribution >= 0.6 is 22.9 Å². The van der Waals surface area contributed by atoms with E-state index in [1.165, 1.54) is 0 Å². The van der Waals surface area contributed by atoms with Gasteiger partial charge < -0.3 is 20.5 Å². The van der Waals surface area contributed by atoms with Gasteiger partial charge in [-0.15, -0.1) is 11.3 Å². The van der Waals surface area contributed by atoms with Crippen LogP contribution in [0.1, 0.15) is 4.88 Å². The highest BCUT2D eigenvalue weighted by Gasteiger charge is 2.10. The number of ether oxygens (including phenoxy) is 2. The van der Waals surface area contributed by atoms with Crippen LogP contribution in [0.25, 0.3) is 0 Å². The maximum absolute atomic E-state index is 6.11. The van der Waals surface area contributed by atoms with Crippen molar-refractivity contribution in [2.24, 2.45) is 0 Å². The van der Waals surface area contributed by atoms with E-state index in [2.05, 4.69) is 5.32 Å². The number of thiophene rings is 1. The van der Waals surface area contributed by atoms with Gasteiger partial charge in [0.15, 0.2) is 0 Å². The number of rotatable bonds is 5. The molecule has 2 rings (SSSR count). The number of nitrogen functional groups attached to an aromatic ring is 1. The van der Waals surface area contributed by atoms with Crippen molar-refractivity contribution in [2.45, 2.75) is 6.54 Å². The molecule has 1 aromatic heterocycles. The Morgan fingerprint density at radius 2 is 2.00 bits per heavy atom. The molecule has 0 radical (unpaired) electrons. The second kappa shape index (κ2) is 6.04. The average molecular weight is 299 g/mol. The molecule has 0 spiro atoms. The molecule has 0 unspecified atom stereocenters. The van der Waals surface area contributed by atoms with Crippen LogP contribution in [0.2, 0.25) is 5.02 Å². The zero-order chi connectivity index (χ0) is 13.8. The number of hydrogen-bond acceptors (Lipinski definition) is 5. The number of halogens is 1. The van der Waals surface area contributed by atoms with Crippen molar-refractivity contribution < 1.29 is 9.47 Å². The zero-order valence-electron chi connectivity index (χ0n) is 10.7. The Morgan fingerprint density at radius 1 is 1.26 bits per heavy atom. The van der Waals surface area contributed by atoms with Crippen molar-refractivity contribution in [3.05, 3.63) is 33.5 Å². The molecule has 6 heteroatoms. The maximum atomic E-state index is 6.11. The van der Waals surface area contributed by atoms with Crippen molar-refractivity contribution >= 4 is 34.3 Å². The second-order valence-electron chi connectivity index (χ2n) is 3.84. The normalized spacial score (nSPS) is 10.3. The van der Waals surface area contributed by atoms with Crippen LogP contribution in [0.5, 0.6) is 11.5 Å². The first-order valence-corrected chi connectivity index (χ1v) is 6.88. The van der Waals surface area contributed by atoms with Crippen molar-refractivity contribution in [3.63, 3.8) is 0 Å². The SMILES string of the molecule is COc1cc(OC)c(NCc2sccc2N)cc1Cl. The topological polar surface area (TPSA) is 56.5 Å². The fourth-order valence-corrected chi connectivity index (χ4v) is 2.65. The molecule has 0 atom stereocenters. The molecule has 19 heavy (non-hydrogen) atoms. The van der Waals surface area contributed by atoms with Gasteiger partial charge in [-0.05, 0) is 17.5 Å². The molecule has 0 aliphatic carbocycles. The van der Waals surface area contributed by atoms with E-state index in [9.17, 15) is 0 Å². The van der Waals surface area contributed by atoms with Gasteiger partial charge in [-0.1, -0.05) is 11.6 Å². The minimum atomic E-state index is 0.532. The lowest BCUT2D eigenvalue weighted by Crippen LogP contribution is -2.02. The van der Waals surface area contributed by atoms with Crippen LogP contribution in [-0.2, 0) is 6.54 Å². The molecule has 0 saturated heterocycles. The Hall–Kier alpha value is -1.59. The summed E-state index contributed by atoms with van der Waals surface area (Å²) in [4.78, 5) is 1.08. The number of anilines is 2.